The van der Waals surface area contributed by atoms with Crippen LogP contribution in [-0.4, -0.2) is 26.4 Å². The van der Waals surface area contributed by atoms with Crippen LogP contribution in [0.25, 0.3) is 0 Å². The lowest BCUT2D eigenvalue weighted by molar-refractivity contribution is -0.113. The number of rotatable bonds is 6. The molecule has 25 heavy (non-hydrogen) atoms. The summed E-state index contributed by atoms with van der Waals surface area (Å²) in [6, 6.07) is 7.40. The second-order valence-corrected chi connectivity index (χ2v) is 7.12. The van der Waals surface area contributed by atoms with Gasteiger partial charge in [-0.25, -0.2) is 8.78 Å². The Balaban J connectivity index is 1.60. The van der Waals surface area contributed by atoms with E-state index in [0.717, 1.165) is 29.7 Å². The van der Waals surface area contributed by atoms with Gasteiger partial charge in [-0.05, 0) is 23.6 Å². The van der Waals surface area contributed by atoms with Crippen molar-refractivity contribution >= 4 is 34.7 Å². The summed E-state index contributed by atoms with van der Waals surface area (Å²) in [6.07, 6.45) is 0.661. The highest BCUT2D eigenvalue weighted by molar-refractivity contribution is 7.99. The Hall–Kier alpha value is -2.26. The van der Waals surface area contributed by atoms with Gasteiger partial charge >= 0.3 is 0 Å². The highest BCUT2D eigenvalue weighted by atomic mass is 32.2. The van der Waals surface area contributed by atoms with Crippen LogP contribution in [0.2, 0.25) is 0 Å². The first-order valence-corrected chi connectivity index (χ1v) is 9.18. The average molecular weight is 380 g/mol. The smallest absolute Gasteiger partial charge is 0.235 e. The van der Waals surface area contributed by atoms with Crippen LogP contribution < -0.4 is 5.32 Å². The molecule has 2 aromatic heterocycles. The summed E-state index contributed by atoms with van der Waals surface area (Å²) in [7, 11) is 1.82. The van der Waals surface area contributed by atoms with Crippen molar-refractivity contribution in [2.24, 2.45) is 7.05 Å². The molecule has 5 nitrogen and oxygen atoms in total. The molecule has 0 spiro atoms. The fourth-order valence-electron chi connectivity index (χ4n) is 2.12. The number of aromatic nitrogens is 3. The van der Waals surface area contributed by atoms with Crippen LogP contribution in [0.3, 0.4) is 0 Å². The maximum atomic E-state index is 13.5. The molecule has 0 aliphatic carbocycles. The molecule has 0 saturated carbocycles. The molecule has 9 heteroatoms. The standard InChI is InChI=1S/C16H14F2N4OS2/c1-22-13(8-10-4-3-7-24-10)20-21-16(22)25-9-14(23)19-15-11(17)5-2-6-12(15)18/h2-7H,8-9H2,1H3,(H,19,23). The van der Waals surface area contributed by atoms with E-state index in [9.17, 15) is 13.6 Å². The molecular formula is C16H14F2N4OS2. The number of amides is 1. The number of carbonyl (C=O) groups is 1. The van der Waals surface area contributed by atoms with E-state index < -0.39 is 23.2 Å². The third kappa shape index (κ3) is 4.23. The number of benzene rings is 1. The molecular weight excluding hydrogens is 366 g/mol. The summed E-state index contributed by atoms with van der Waals surface area (Å²) >= 11 is 2.79. The number of nitrogens with zero attached hydrogens (tertiary/aromatic N) is 3. The van der Waals surface area contributed by atoms with E-state index in [1.165, 1.54) is 10.9 Å². The number of anilines is 1. The van der Waals surface area contributed by atoms with Gasteiger partial charge in [-0.3, -0.25) is 4.79 Å². The first-order valence-electron chi connectivity index (χ1n) is 7.32. The van der Waals surface area contributed by atoms with Gasteiger partial charge in [0.1, 0.15) is 23.1 Å². The Kier molecular flexibility index (Phi) is 5.44. The van der Waals surface area contributed by atoms with Crippen LogP contribution >= 0.6 is 23.1 Å². The van der Waals surface area contributed by atoms with E-state index in [2.05, 4.69) is 15.5 Å². The van der Waals surface area contributed by atoms with Crippen molar-refractivity contribution < 1.29 is 13.6 Å². The minimum absolute atomic E-state index is 0.0290. The predicted molar refractivity (Wildman–Crippen MR) is 93.8 cm³/mol. The van der Waals surface area contributed by atoms with Gasteiger partial charge in [-0.15, -0.1) is 21.5 Å². The number of hydrogen-bond donors (Lipinski definition) is 1. The van der Waals surface area contributed by atoms with E-state index in [0.29, 0.717) is 11.6 Å². The van der Waals surface area contributed by atoms with E-state index in [1.54, 1.807) is 15.9 Å². The number of halogens is 2. The van der Waals surface area contributed by atoms with E-state index in [1.807, 2.05) is 24.6 Å². The zero-order chi connectivity index (χ0) is 17.8. The van der Waals surface area contributed by atoms with Gasteiger partial charge in [0.2, 0.25) is 5.91 Å². The predicted octanol–water partition coefficient (Wildman–Crippen LogP) is 3.48. The minimum Gasteiger partial charge on any atom is -0.320 e. The van der Waals surface area contributed by atoms with Crippen LogP contribution in [0.4, 0.5) is 14.5 Å². The summed E-state index contributed by atoms with van der Waals surface area (Å²) in [6.45, 7) is 0. The SMILES string of the molecule is Cn1c(Cc2cccs2)nnc1SCC(=O)Nc1c(F)cccc1F. The topological polar surface area (TPSA) is 59.8 Å². The summed E-state index contributed by atoms with van der Waals surface area (Å²) in [5.74, 6) is -1.38. The molecule has 0 bridgehead atoms. The fourth-order valence-corrected chi connectivity index (χ4v) is 3.55. The minimum atomic E-state index is -0.810. The Labute approximate surface area is 151 Å². The second-order valence-electron chi connectivity index (χ2n) is 5.15. The summed E-state index contributed by atoms with van der Waals surface area (Å²) in [5.41, 5.74) is -0.440. The number of thioether (sulfide) groups is 1. The zero-order valence-electron chi connectivity index (χ0n) is 13.2. The van der Waals surface area contributed by atoms with Gasteiger partial charge in [0.05, 0.1) is 5.75 Å². The van der Waals surface area contributed by atoms with Gasteiger partial charge < -0.3 is 9.88 Å². The quantitative estimate of drug-likeness (QED) is 0.665. The van der Waals surface area contributed by atoms with Crippen LogP contribution in [0, 0.1) is 11.6 Å². The van der Waals surface area contributed by atoms with E-state index >= 15 is 0 Å². The molecule has 1 amide bonds. The van der Waals surface area contributed by atoms with Crippen LogP contribution in [0.15, 0.2) is 40.9 Å². The molecule has 0 radical (unpaired) electrons. The normalized spacial score (nSPS) is 10.8. The monoisotopic (exact) mass is 380 g/mol. The molecule has 130 valence electrons. The van der Waals surface area contributed by atoms with Crippen molar-refractivity contribution in [2.45, 2.75) is 11.6 Å². The number of hydrogen-bond acceptors (Lipinski definition) is 5. The lowest BCUT2D eigenvalue weighted by Crippen LogP contribution is -2.16. The van der Waals surface area contributed by atoms with Crippen molar-refractivity contribution in [1.82, 2.24) is 14.8 Å². The summed E-state index contributed by atoms with van der Waals surface area (Å²) in [5, 5.41) is 13.0. The average Bonchev–Trinajstić information content (AvgIpc) is 3.21. The van der Waals surface area contributed by atoms with Crippen molar-refractivity contribution in [1.29, 1.82) is 0 Å². The third-order valence-corrected chi connectivity index (χ3v) is 5.29. The highest BCUT2D eigenvalue weighted by Gasteiger charge is 2.15. The molecule has 0 aliphatic rings. The maximum Gasteiger partial charge on any atom is 0.235 e. The van der Waals surface area contributed by atoms with Crippen LogP contribution in [-0.2, 0) is 18.3 Å². The molecule has 0 atom stereocenters. The molecule has 2 heterocycles. The number of nitrogens with one attached hydrogen (secondary N) is 1. The van der Waals surface area contributed by atoms with E-state index in [4.69, 9.17) is 0 Å². The Morgan fingerprint density at radius 3 is 2.68 bits per heavy atom. The first kappa shape index (κ1) is 17.6. The summed E-state index contributed by atoms with van der Waals surface area (Å²) in [4.78, 5) is 13.1. The Morgan fingerprint density at radius 2 is 2.00 bits per heavy atom. The second kappa shape index (κ2) is 7.75. The Morgan fingerprint density at radius 1 is 1.24 bits per heavy atom. The number of para-hydroxylation sites is 1. The van der Waals surface area contributed by atoms with Crippen molar-refractivity contribution in [3.63, 3.8) is 0 Å². The van der Waals surface area contributed by atoms with Crippen molar-refractivity contribution in [3.8, 4) is 0 Å². The molecule has 1 N–H and O–H groups in total. The highest BCUT2D eigenvalue weighted by Crippen LogP contribution is 2.21. The van der Waals surface area contributed by atoms with Gasteiger partial charge in [0.25, 0.3) is 0 Å². The Bertz CT molecular complexity index is 860. The third-order valence-electron chi connectivity index (χ3n) is 3.40. The fraction of sp³-hybridized carbons (Fsp3) is 0.188. The molecule has 1 aromatic carbocycles. The van der Waals surface area contributed by atoms with Crippen molar-refractivity contribution in [3.05, 3.63) is 58.0 Å². The molecule has 3 aromatic rings. The largest absolute Gasteiger partial charge is 0.320 e. The van der Waals surface area contributed by atoms with Crippen LogP contribution in [0.1, 0.15) is 10.7 Å². The number of carbonyl (C=O) groups excluding carboxylic acids is 1. The molecule has 0 fully saturated rings. The lowest BCUT2D eigenvalue weighted by Gasteiger charge is -2.07. The molecule has 0 unspecified atom stereocenters. The van der Waals surface area contributed by atoms with Gasteiger partial charge in [0, 0.05) is 18.3 Å². The van der Waals surface area contributed by atoms with Crippen LogP contribution in [0.5, 0.6) is 0 Å². The van der Waals surface area contributed by atoms with Gasteiger partial charge in [-0.2, -0.15) is 0 Å². The van der Waals surface area contributed by atoms with E-state index in [-0.39, 0.29) is 5.75 Å². The molecule has 0 aliphatic heterocycles. The molecule has 0 saturated heterocycles. The van der Waals surface area contributed by atoms with Gasteiger partial charge in [-0.1, -0.05) is 23.9 Å². The van der Waals surface area contributed by atoms with Gasteiger partial charge in [0.15, 0.2) is 5.16 Å². The lowest BCUT2D eigenvalue weighted by atomic mass is 10.3. The summed E-state index contributed by atoms with van der Waals surface area (Å²) < 4.78 is 28.9. The first-order chi connectivity index (χ1) is 12.0. The zero-order valence-corrected chi connectivity index (χ0v) is 14.8. The maximum absolute atomic E-state index is 13.5. The van der Waals surface area contributed by atoms with Crippen molar-refractivity contribution in [2.75, 3.05) is 11.1 Å². The number of thiophene rings is 1. The molecule has 3 rings (SSSR count).